The van der Waals surface area contributed by atoms with E-state index in [9.17, 15) is 4.79 Å². The Morgan fingerprint density at radius 3 is 2.20 bits per heavy atom. The summed E-state index contributed by atoms with van der Waals surface area (Å²) in [6, 6.07) is 0. The standard InChI is InChI=1S/C13H18O2/c1-4-10-6-7-11(5-2)13(10)8-9(3)12(14)15-13/h4-5,9-11H,1-2,6-8H2,3H3/t9-,10+,11+/m1/s1. The third-order valence-corrected chi connectivity index (χ3v) is 3.93. The molecule has 1 aliphatic heterocycles. The Morgan fingerprint density at radius 2 is 1.87 bits per heavy atom. The van der Waals surface area contributed by atoms with Crippen LogP contribution >= 0.6 is 0 Å². The van der Waals surface area contributed by atoms with E-state index in [1.165, 1.54) is 0 Å². The summed E-state index contributed by atoms with van der Waals surface area (Å²) in [5.74, 6) is 0.562. The Bertz CT molecular complexity index is 290. The Labute approximate surface area is 91.0 Å². The summed E-state index contributed by atoms with van der Waals surface area (Å²) in [4.78, 5) is 11.6. The molecule has 2 aliphatic rings. The second kappa shape index (κ2) is 3.51. The first-order valence-electron chi connectivity index (χ1n) is 5.62. The lowest BCUT2D eigenvalue weighted by Crippen LogP contribution is -2.38. The topological polar surface area (TPSA) is 26.3 Å². The fourth-order valence-corrected chi connectivity index (χ4v) is 3.10. The van der Waals surface area contributed by atoms with Crippen molar-refractivity contribution in [2.45, 2.75) is 31.8 Å². The van der Waals surface area contributed by atoms with Crippen LogP contribution in [0.1, 0.15) is 26.2 Å². The van der Waals surface area contributed by atoms with E-state index in [1.54, 1.807) is 0 Å². The summed E-state index contributed by atoms with van der Waals surface area (Å²) in [5, 5.41) is 0. The van der Waals surface area contributed by atoms with Gasteiger partial charge in [-0.1, -0.05) is 19.1 Å². The van der Waals surface area contributed by atoms with E-state index in [-0.39, 0.29) is 17.5 Å². The zero-order valence-corrected chi connectivity index (χ0v) is 9.24. The van der Waals surface area contributed by atoms with Gasteiger partial charge >= 0.3 is 5.97 Å². The summed E-state index contributed by atoms with van der Waals surface area (Å²) in [6.45, 7) is 9.65. The molecule has 2 nitrogen and oxygen atoms in total. The van der Waals surface area contributed by atoms with Gasteiger partial charge in [-0.25, -0.2) is 0 Å². The van der Waals surface area contributed by atoms with Crippen molar-refractivity contribution in [3.63, 3.8) is 0 Å². The van der Waals surface area contributed by atoms with Crippen LogP contribution in [0.3, 0.4) is 0 Å². The Morgan fingerprint density at radius 1 is 1.33 bits per heavy atom. The number of ether oxygens (including phenoxy) is 1. The molecule has 1 spiro atoms. The Balaban J connectivity index is 2.33. The van der Waals surface area contributed by atoms with E-state index >= 15 is 0 Å². The zero-order chi connectivity index (χ0) is 11.1. The van der Waals surface area contributed by atoms with Crippen molar-refractivity contribution >= 4 is 5.97 Å². The molecule has 2 fully saturated rings. The van der Waals surface area contributed by atoms with Gasteiger partial charge in [-0.15, -0.1) is 13.2 Å². The zero-order valence-electron chi connectivity index (χ0n) is 9.24. The second-order valence-electron chi connectivity index (χ2n) is 4.74. The maximum absolute atomic E-state index is 11.6. The average Bonchev–Trinajstić information content (AvgIpc) is 2.69. The van der Waals surface area contributed by atoms with Gasteiger partial charge in [0.25, 0.3) is 0 Å². The van der Waals surface area contributed by atoms with Gasteiger partial charge in [-0.3, -0.25) is 4.79 Å². The predicted octanol–water partition coefficient (Wildman–Crippen LogP) is 2.71. The predicted molar refractivity (Wildman–Crippen MR) is 59.2 cm³/mol. The van der Waals surface area contributed by atoms with E-state index in [1.807, 2.05) is 19.1 Å². The first-order chi connectivity index (χ1) is 7.14. The molecule has 1 saturated carbocycles. The van der Waals surface area contributed by atoms with Crippen molar-refractivity contribution in [1.29, 1.82) is 0 Å². The molecular weight excluding hydrogens is 188 g/mol. The summed E-state index contributed by atoms with van der Waals surface area (Å²) in [5.41, 5.74) is -0.319. The van der Waals surface area contributed by atoms with Gasteiger partial charge in [0.05, 0.1) is 5.92 Å². The maximum Gasteiger partial charge on any atom is 0.309 e. The van der Waals surface area contributed by atoms with Crippen LogP contribution in [0, 0.1) is 17.8 Å². The van der Waals surface area contributed by atoms with E-state index in [0.717, 1.165) is 19.3 Å². The van der Waals surface area contributed by atoms with Crippen molar-refractivity contribution in [3.8, 4) is 0 Å². The van der Waals surface area contributed by atoms with Crippen LogP contribution in [-0.2, 0) is 9.53 Å². The lowest BCUT2D eigenvalue weighted by Gasteiger charge is -2.32. The molecule has 2 rings (SSSR count). The summed E-state index contributed by atoms with van der Waals surface area (Å²) < 4.78 is 5.65. The minimum absolute atomic E-state index is 0.0213. The third-order valence-electron chi connectivity index (χ3n) is 3.93. The smallest absolute Gasteiger partial charge is 0.309 e. The molecule has 1 aliphatic carbocycles. The highest BCUT2D eigenvalue weighted by Crippen LogP contribution is 2.51. The van der Waals surface area contributed by atoms with E-state index in [4.69, 9.17) is 4.74 Å². The number of hydrogen-bond acceptors (Lipinski definition) is 2. The molecule has 0 radical (unpaired) electrons. The van der Waals surface area contributed by atoms with Crippen LogP contribution in [0.25, 0.3) is 0 Å². The summed E-state index contributed by atoms with van der Waals surface area (Å²) in [6.07, 6.45) is 6.81. The highest BCUT2D eigenvalue weighted by molar-refractivity contribution is 5.75. The van der Waals surface area contributed by atoms with Crippen molar-refractivity contribution in [2.75, 3.05) is 0 Å². The molecule has 0 bridgehead atoms. The van der Waals surface area contributed by atoms with Gasteiger partial charge in [-0.05, 0) is 12.8 Å². The fourth-order valence-electron chi connectivity index (χ4n) is 3.10. The van der Waals surface area contributed by atoms with Gasteiger partial charge in [-0.2, -0.15) is 0 Å². The molecular formula is C13H18O2. The number of esters is 1. The average molecular weight is 206 g/mol. The fraction of sp³-hybridized carbons (Fsp3) is 0.615. The Hall–Kier alpha value is -1.05. The quantitative estimate of drug-likeness (QED) is 0.513. The van der Waals surface area contributed by atoms with Crippen LogP contribution in [0.15, 0.2) is 25.3 Å². The monoisotopic (exact) mass is 206 g/mol. The molecule has 0 aromatic rings. The molecule has 1 heterocycles. The van der Waals surface area contributed by atoms with Gasteiger partial charge in [0.1, 0.15) is 5.60 Å². The van der Waals surface area contributed by atoms with Crippen molar-refractivity contribution in [3.05, 3.63) is 25.3 Å². The van der Waals surface area contributed by atoms with Crippen LogP contribution in [0.2, 0.25) is 0 Å². The van der Waals surface area contributed by atoms with E-state index in [0.29, 0.717) is 11.8 Å². The molecule has 1 saturated heterocycles. The molecule has 0 N–H and O–H groups in total. The first-order valence-corrected chi connectivity index (χ1v) is 5.62. The Kier molecular flexibility index (Phi) is 2.45. The minimum Gasteiger partial charge on any atom is -0.458 e. The molecule has 3 atom stereocenters. The number of carbonyl (C=O) groups excluding carboxylic acids is 1. The van der Waals surface area contributed by atoms with Crippen molar-refractivity contribution in [1.82, 2.24) is 0 Å². The molecule has 0 amide bonds. The van der Waals surface area contributed by atoms with Crippen molar-refractivity contribution in [2.24, 2.45) is 17.8 Å². The molecule has 0 aromatic carbocycles. The van der Waals surface area contributed by atoms with E-state index in [2.05, 4.69) is 13.2 Å². The first kappa shape index (κ1) is 10.5. The largest absolute Gasteiger partial charge is 0.458 e. The second-order valence-corrected chi connectivity index (χ2v) is 4.74. The van der Waals surface area contributed by atoms with Gasteiger partial charge in [0.2, 0.25) is 0 Å². The van der Waals surface area contributed by atoms with E-state index < -0.39 is 0 Å². The van der Waals surface area contributed by atoms with Gasteiger partial charge in [0.15, 0.2) is 0 Å². The maximum atomic E-state index is 11.6. The van der Waals surface area contributed by atoms with Crippen LogP contribution in [0.5, 0.6) is 0 Å². The summed E-state index contributed by atoms with van der Waals surface area (Å²) >= 11 is 0. The lowest BCUT2D eigenvalue weighted by molar-refractivity contribution is -0.153. The highest BCUT2D eigenvalue weighted by Gasteiger charge is 2.56. The lowest BCUT2D eigenvalue weighted by atomic mass is 9.79. The number of hydrogen-bond donors (Lipinski definition) is 0. The van der Waals surface area contributed by atoms with Gasteiger partial charge < -0.3 is 4.74 Å². The molecule has 0 aromatic heterocycles. The number of carbonyl (C=O) groups is 1. The third kappa shape index (κ3) is 1.35. The highest BCUT2D eigenvalue weighted by atomic mass is 16.6. The summed E-state index contributed by atoms with van der Waals surface area (Å²) in [7, 11) is 0. The molecule has 0 unspecified atom stereocenters. The number of rotatable bonds is 2. The van der Waals surface area contributed by atoms with Crippen LogP contribution in [0.4, 0.5) is 0 Å². The SMILES string of the molecule is C=C[C@H]1CC[C@H](C=C)C12C[C@@H](C)C(=O)O2. The molecule has 82 valence electrons. The molecule has 2 heteroatoms. The van der Waals surface area contributed by atoms with Crippen LogP contribution in [-0.4, -0.2) is 11.6 Å². The normalized spacial score (nSPS) is 37.9. The molecule has 15 heavy (non-hydrogen) atoms. The van der Waals surface area contributed by atoms with Crippen molar-refractivity contribution < 1.29 is 9.53 Å². The minimum atomic E-state index is -0.319. The van der Waals surface area contributed by atoms with Crippen LogP contribution < -0.4 is 0 Å². The van der Waals surface area contributed by atoms with Gasteiger partial charge in [0, 0.05) is 18.3 Å².